The van der Waals surface area contributed by atoms with Crippen LogP contribution in [0.1, 0.15) is 13.3 Å². The Morgan fingerprint density at radius 1 is 1.50 bits per heavy atom. The standard InChI is InChI=1S/C9H11N5/c1-5-2-7(5)13-8-6-3-12-14-9(6)11-4-10-8/h3-5,7H,2H2,1H3,(H2,10,11,12,13,14)/t5-,7-/m1/s1. The highest BCUT2D eigenvalue weighted by atomic mass is 15.2. The average Bonchev–Trinajstić information content (AvgIpc) is 2.69. The van der Waals surface area contributed by atoms with Crippen LogP contribution in [-0.2, 0) is 0 Å². The predicted octanol–water partition coefficient (Wildman–Crippen LogP) is 1.17. The Balaban J connectivity index is 1.98. The van der Waals surface area contributed by atoms with Crippen molar-refractivity contribution >= 4 is 16.9 Å². The van der Waals surface area contributed by atoms with Crippen LogP contribution in [0.15, 0.2) is 12.5 Å². The topological polar surface area (TPSA) is 66.5 Å². The third-order valence-corrected chi connectivity index (χ3v) is 2.68. The summed E-state index contributed by atoms with van der Waals surface area (Å²) in [4.78, 5) is 8.29. The van der Waals surface area contributed by atoms with E-state index in [1.165, 1.54) is 6.42 Å². The lowest BCUT2D eigenvalue weighted by atomic mass is 10.4. The summed E-state index contributed by atoms with van der Waals surface area (Å²) in [6, 6.07) is 0.572. The van der Waals surface area contributed by atoms with E-state index in [4.69, 9.17) is 0 Å². The monoisotopic (exact) mass is 189 g/mol. The fraction of sp³-hybridized carbons (Fsp3) is 0.444. The minimum atomic E-state index is 0.572. The molecule has 0 amide bonds. The second kappa shape index (κ2) is 2.67. The number of aromatic nitrogens is 4. The number of nitrogens with one attached hydrogen (secondary N) is 2. The van der Waals surface area contributed by atoms with Crippen molar-refractivity contribution in [1.29, 1.82) is 0 Å². The van der Waals surface area contributed by atoms with Gasteiger partial charge in [0.15, 0.2) is 5.65 Å². The molecule has 5 nitrogen and oxygen atoms in total. The molecule has 0 bridgehead atoms. The summed E-state index contributed by atoms with van der Waals surface area (Å²) in [5.41, 5.74) is 0.788. The molecule has 0 spiro atoms. The lowest BCUT2D eigenvalue weighted by Crippen LogP contribution is -2.05. The van der Waals surface area contributed by atoms with E-state index in [-0.39, 0.29) is 0 Å². The Kier molecular flexibility index (Phi) is 1.47. The van der Waals surface area contributed by atoms with Crippen molar-refractivity contribution in [2.24, 2.45) is 5.92 Å². The van der Waals surface area contributed by atoms with Crippen LogP contribution in [-0.4, -0.2) is 26.2 Å². The van der Waals surface area contributed by atoms with Crippen molar-refractivity contribution in [2.75, 3.05) is 5.32 Å². The first-order valence-corrected chi connectivity index (χ1v) is 4.75. The molecular weight excluding hydrogens is 178 g/mol. The molecule has 0 unspecified atom stereocenters. The summed E-state index contributed by atoms with van der Waals surface area (Å²) in [5.74, 6) is 1.64. The van der Waals surface area contributed by atoms with E-state index in [1.54, 1.807) is 12.5 Å². The Labute approximate surface area is 81.0 Å². The second-order valence-electron chi connectivity index (χ2n) is 3.82. The molecule has 72 valence electrons. The number of aromatic amines is 1. The summed E-state index contributed by atoms with van der Waals surface area (Å²) in [6.07, 6.45) is 4.53. The molecule has 2 N–H and O–H groups in total. The van der Waals surface area contributed by atoms with Gasteiger partial charge in [0.2, 0.25) is 0 Å². The lowest BCUT2D eigenvalue weighted by Gasteiger charge is -2.03. The highest BCUT2D eigenvalue weighted by molar-refractivity contribution is 5.85. The first kappa shape index (κ1) is 7.73. The molecule has 2 atom stereocenters. The zero-order chi connectivity index (χ0) is 9.54. The van der Waals surface area contributed by atoms with Gasteiger partial charge in [0, 0.05) is 6.04 Å². The number of hydrogen-bond acceptors (Lipinski definition) is 4. The van der Waals surface area contributed by atoms with Gasteiger partial charge in [-0.3, -0.25) is 5.10 Å². The number of nitrogens with zero attached hydrogens (tertiary/aromatic N) is 3. The minimum absolute atomic E-state index is 0.572. The zero-order valence-corrected chi connectivity index (χ0v) is 7.86. The summed E-state index contributed by atoms with van der Waals surface area (Å²) in [5, 5.41) is 11.1. The van der Waals surface area contributed by atoms with E-state index in [0.717, 1.165) is 22.8 Å². The van der Waals surface area contributed by atoms with Gasteiger partial charge in [-0.2, -0.15) is 5.10 Å². The highest BCUT2D eigenvalue weighted by Crippen LogP contribution is 2.33. The summed E-state index contributed by atoms with van der Waals surface area (Å²) >= 11 is 0. The molecule has 3 rings (SSSR count). The predicted molar refractivity (Wildman–Crippen MR) is 52.9 cm³/mol. The van der Waals surface area contributed by atoms with Gasteiger partial charge >= 0.3 is 0 Å². The largest absolute Gasteiger partial charge is 0.366 e. The van der Waals surface area contributed by atoms with Gasteiger partial charge in [-0.1, -0.05) is 6.92 Å². The van der Waals surface area contributed by atoms with E-state index in [2.05, 4.69) is 32.4 Å². The van der Waals surface area contributed by atoms with Crippen molar-refractivity contribution in [2.45, 2.75) is 19.4 Å². The van der Waals surface area contributed by atoms with Gasteiger partial charge in [-0.15, -0.1) is 0 Å². The normalized spacial score (nSPS) is 25.2. The third kappa shape index (κ3) is 1.13. The van der Waals surface area contributed by atoms with Crippen LogP contribution in [0.5, 0.6) is 0 Å². The Bertz CT molecular complexity index is 463. The quantitative estimate of drug-likeness (QED) is 0.744. The Morgan fingerprint density at radius 2 is 2.36 bits per heavy atom. The van der Waals surface area contributed by atoms with Crippen molar-refractivity contribution in [3.8, 4) is 0 Å². The number of hydrogen-bond donors (Lipinski definition) is 2. The first-order valence-electron chi connectivity index (χ1n) is 4.75. The first-order chi connectivity index (χ1) is 6.84. The van der Waals surface area contributed by atoms with Crippen molar-refractivity contribution in [3.63, 3.8) is 0 Å². The molecule has 1 fully saturated rings. The average molecular weight is 189 g/mol. The minimum Gasteiger partial charge on any atom is -0.366 e. The van der Waals surface area contributed by atoms with Gasteiger partial charge < -0.3 is 5.32 Å². The van der Waals surface area contributed by atoms with Crippen molar-refractivity contribution < 1.29 is 0 Å². The molecule has 5 heteroatoms. The van der Waals surface area contributed by atoms with Crippen LogP contribution < -0.4 is 5.32 Å². The zero-order valence-electron chi connectivity index (χ0n) is 7.86. The Morgan fingerprint density at radius 3 is 3.14 bits per heavy atom. The summed E-state index contributed by atoms with van der Waals surface area (Å²) in [7, 11) is 0. The molecule has 2 aromatic heterocycles. The van der Waals surface area contributed by atoms with Crippen LogP contribution in [0.2, 0.25) is 0 Å². The van der Waals surface area contributed by atoms with Gasteiger partial charge in [-0.25, -0.2) is 9.97 Å². The van der Waals surface area contributed by atoms with Gasteiger partial charge in [-0.05, 0) is 12.3 Å². The van der Waals surface area contributed by atoms with Crippen LogP contribution >= 0.6 is 0 Å². The van der Waals surface area contributed by atoms with Gasteiger partial charge in [0.25, 0.3) is 0 Å². The maximum absolute atomic E-state index is 4.21. The number of fused-ring (bicyclic) bond motifs is 1. The molecule has 1 aliphatic rings. The SMILES string of the molecule is C[C@@H]1C[C@H]1Nc1ncnc2[nH]ncc12. The maximum atomic E-state index is 4.21. The molecule has 1 saturated carbocycles. The summed E-state index contributed by atoms with van der Waals surface area (Å²) < 4.78 is 0. The van der Waals surface area contributed by atoms with E-state index in [9.17, 15) is 0 Å². The van der Waals surface area contributed by atoms with Crippen LogP contribution in [0.3, 0.4) is 0 Å². The molecule has 0 saturated heterocycles. The number of rotatable bonds is 2. The van der Waals surface area contributed by atoms with Gasteiger partial charge in [0.05, 0.1) is 11.6 Å². The van der Waals surface area contributed by atoms with Crippen LogP contribution in [0.25, 0.3) is 11.0 Å². The fourth-order valence-corrected chi connectivity index (χ4v) is 1.58. The van der Waals surface area contributed by atoms with Crippen LogP contribution in [0.4, 0.5) is 5.82 Å². The Hall–Kier alpha value is -1.65. The molecule has 14 heavy (non-hydrogen) atoms. The van der Waals surface area contributed by atoms with Crippen molar-refractivity contribution in [1.82, 2.24) is 20.2 Å². The van der Waals surface area contributed by atoms with Gasteiger partial charge in [0.1, 0.15) is 12.1 Å². The fourth-order valence-electron chi connectivity index (χ4n) is 1.58. The van der Waals surface area contributed by atoms with Crippen LogP contribution in [0, 0.1) is 5.92 Å². The smallest absolute Gasteiger partial charge is 0.160 e. The second-order valence-corrected chi connectivity index (χ2v) is 3.82. The van der Waals surface area contributed by atoms with E-state index < -0.39 is 0 Å². The van der Waals surface area contributed by atoms with Crippen molar-refractivity contribution in [3.05, 3.63) is 12.5 Å². The number of H-pyrrole nitrogens is 1. The highest BCUT2D eigenvalue weighted by Gasteiger charge is 2.33. The molecule has 0 radical (unpaired) electrons. The maximum Gasteiger partial charge on any atom is 0.160 e. The number of anilines is 1. The summed E-state index contributed by atoms with van der Waals surface area (Å²) in [6.45, 7) is 2.23. The van der Waals surface area contributed by atoms with E-state index in [1.807, 2.05) is 0 Å². The molecule has 0 aromatic carbocycles. The molecule has 1 aliphatic carbocycles. The third-order valence-electron chi connectivity index (χ3n) is 2.68. The molecule has 2 aromatic rings. The molecule has 0 aliphatic heterocycles. The lowest BCUT2D eigenvalue weighted by molar-refractivity contribution is 0.924. The molecule has 2 heterocycles. The molecular formula is C9H11N5. The van der Waals surface area contributed by atoms with E-state index in [0.29, 0.717) is 6.04 Å². The van der Waals surface area contributed by atoms with E-state index >= 15 is 0 Å².